The Hall–Kier alpha value is -2.32. The van der Waals surface area contributed by atoms with E-state index in [1.165, 1.54) is 0 Å². The Labute approximate surface area is 168 Å². The van der Waals surface area contributed by atoms with Gasteiger partial charge in [0, 0.05) is 24.7 Å². The predicted octanol–water partition coefficient (Wildman–Crippen LogP) is 2.58. The van der Waals surface area contributed by atoms with Gasteiger partial charge in [-0.25, -0.2) is 9.97 Å². The van der Waals surface area contributed by atoms with E-state index >= 15 is 0 Å². The first kappa shape index (κ1) is 19.0. The number of fused-ring (bicyclic) bond motifs is 1. The molecule has 0 unspecified atom stereocenters. The number of anilines is 1. The molecule has 1 aliphatic heterocycles. The minimum absolute atomic E-state index is 0.237. The number of hydrogen-bond acceptors (Lipinski definition) is 7. The van der Waals surface area contributed by atoms with Crippen LogP contribution < -0.4 is 4.90 Å². The molecule has 148 valence electrons. The number of pyridine rings is 1. The highest BCUT2D eigenvalue weighted by atomic mass is 35.5. The highest BCUT2D eigenvalue weighted by molar-refractivity contribution is 6.31. The first-order valence-corrected chi connectivity index (χ1v) is 9.70. The summed E-state index contributed by atoms with van der Waals surface area (Å²) in [5.74, 6) is 1.41. The molecule has 4 rings (SSSR count). The quantitative estimate of drug-likeness (QED) is 0.720. The Bertz CT molecular complexity index is 1020. The lowest BCUT2D eigenvalue weighted by molar-refractivity contribution is 0.0839. The molecule has 0 aliphatic carbocycles. The van der Waals surface area contributed by atoms with Crippen LogP contribution in [-0.2, 0) is 12.0 Å². The van der Waals surface area contributed by atoms with Gasteiger partial charge in [0.05, 0.1) is 16.3 Å². The molecule has 1 fully saturated rings. The van der Waals surface area contributed by atoms with Crippen LogP contribution in [0.25, 0.3) is 11.2 Å². The molecule has 9 heteroatoms. The van der Waals surface area contributed by atoms with Crippen molar-refractivity contribution in [2.75, 3.05) is 18.0 Å². The second-order valence-electron chi connectivity index (χ2n) is 8.62. The third-order valence-electron chi connectivity index (χ3n) is 4.82. The Morgan fingerprint density at radius 2 is 2.04 bits per heavy atom. The SMILES string of the molecule is CC(C)(C)c1nc(N2CC[C@@](C)(O)C2)c2nn(Cc3ncccc3Cl)nc2n1. The number of aromatic nitrogens is 6. The summed E-state index contributed by atoms with van der Waals surface area (Å²) in [7, 11) is 0. The molecule has 0 radical (unpaired) electrons. The zero-order valence-electron chi connectivity index (χ0n) is 16.5. The van der Waals surface area contributed by atoms with Crippen LogP contribution in [0.3, 0.4) is 0 Å². The van der Waals surface area contributed by atoms with Crippen LogP contribution in [0.4, 0.5) is 5.82 Å². The van der Waals surface area contributed by atoms with Crippen LogP contribution in [0.15, 0.2) is 18.3 Å². The van der Waals surface area contributed by atoms with Crippen molar-refractivity contribution in [2.45, 2.75) is 51.7 Å². The lowest BCUT2D eigenvalue weighted by atomic mass is 9.96. The standard InChI is InChI=1S/C19H24ClN7O/c1-18(2,3)17-22-15-14(16(23-17)26-9-7-19(4,28)11-26)24-27(25-15)10-13-12(20)6-5-8-21-13/h5-6,8,28H,7,9-11H2,1-4H3/t19-/m1/s1. The second-order valence-corrected chi connectivity index (χ2v) is 9.03. The topological polar surface area (TPSA) is 92.8 Å². The number of rotatable bonds is 3. The lowest BCUT2D eigenvalue weighted by Crippen LogP contribution is -2.31. The van der Waals surface area contributed by atoms with E-state index in [-0.39, 0.29) is 5.41 Å². The molecule has 0 spiro atoms. The molecule has 28 heavy (non-hydrogen) atoms. The number of nitrogens with zero attached hydrogens (tertiary/aromatic N) is 7. The van der Waals surface area contributed by atoms with Crippen LogP contribution in [-0.4, -0.2) is 53.7 Å². The fourth-order valence-corrected chi connectivity index (χ4v) is 3.44. The van der Waals surface area contributed by atoms with Gasteiger partial charge in [-0.1, -0.05) is 32.4 Å². The summed E-state index contributed by atoms with van der Waals surface area (Å²) in [5.41, 5.74) is 0.876. The lowest BCUT2D eigenvalue weighted by Gasteiger charge is -2.22. The molecule has 0 saturated carbocycles. The van der Waals surface area contributed by atoms with E-state index in [9.17, 15) is 5.11 Å². The average molecular weight is 402 g/mol. The third kappa shape index (κ3) is 3.66. The summed E-state index contributed by atoms with van der Waals surface area (Å²) in [6, 6.07) is 3.58. The van der Waals surface area contributed by atoms with E-state index in [2.05, 4.69) is 45.8 Å². The Balaban J connectivity index is 1.80. The molecule has 0 aromatic carbocycles. The summed E-state index contributed by atoms with van der Waals surface area (Å²) in [6.07, 6.45) is 2.38. The van der Waals surface area contributed by atoms with Gasteiger partial charge in [0.15, 0.2) is 11.3 Å². The van der Waals surface area contributed by atoms with Gasteiger partial charge in [-0.05, 0) is 25.5 Å². The maximum atomic E-state index is 10.4. The summed E-state index contributed by atoms with van der Waals surface area (Å²) < 4.78 is 0. The molecular weight excluding hydrogens is 378 g/mol. The maximum Gasteiger partial charge on any atom is 0.207 e. The van der Waals surface area contributed by atoms with Crippen LogP contribution in [0.2, 0.25) is 5.02 Å². The highest BCUT2D eigenvalue weighted by Gasteiger charge is 2.34. The Morgan fingerprint density at radius 1 is 1.25 bits per heavy atom. The van der Waals surface area contributed by atoms with Crippen molar-refractivity contribution in [3.05, 3.63) is 34.9 Å². The Morgan fingerprint density at radius 3 is 2.68 bits per heavy atom. The van der Waals surface area contributed by atoms with E-state index < -0.39 is 5.60 Å². The number of hydrogen-bond donors (Lipinski definition) is 1. The number of β-amino-alcohol motifs (C(OH)–C–C–N with tert-alkyl or cyclic N) is 1. The van der Waals surface area contributed by atoms with Crippen LogP contribution in [0, 0.1) is 0 Å². The summed E-state index contributed by atoms with van der Waals surface area (Å²) >= 11 is 6.23. The smallest absolute Gasteiger partial charge is 0.207 e. The van der Waals surface area contributed by atoms with Gasteiger partial charge in [-0.15, -0.1) is 10.2 Å². The Kier molecular flexibility index (Phi) is 4.50. The molecule has 8 nitrogen and oxygen atoms in total. The van der Waals surface area contributed by atoms with Gasteiger partial charge >= 0.3 is 0 Å². The fourth-order valence-electron chi connectivity index (χ4n) is 3.26. The van der Waals surface area contributed by atoms with E-state index in [4.69, 9.17) is 16.6 Å². The minimum Gasteiger partial charge on any atom is -0.388 e. The summed E-state index contributed by atoms with van der Waals surface area (Å²) in [4.78, 5) is 17.4. The van der Waals surface area contributed by atoms with E-state index in [1.807, 2.05) is 6.92 Å². The van der Waals surface area contributed by atoms with Crippen LogP contribution in [0.1, 0.15) is 45.6 Å². The van der Waals surface area contributed by atoms with Crippen molar-refractivity contribution >= 4 is 28.6 Å². The first-order chi connectivity index (χ1) is 13.1. The largest absolute Gasteiger partial charge is 0.388 e. The van der Waals surface area contributed by atoms with Crippen molar-refractivity contribution in [1.82, 2.24) is 29.9 Å². The van der Waals surface area contributed by atoms with Gasteiger partial charge in [0.2, 0.25) is 5.65 Å². The number of aliphatic hydroxyl groups is 1. The zero-order chi connectivity index (χ0) is 20.1. The molecule has 1 atom stereocenters. The predicted molar refractivity (Wildman–Crippen MR) is 108 cm³/mol. The monoisotopic (exact) mass is 401 g/mol. The van der Waals surface area contributed by atoms with Crippen molar-refractivity contribution in [3.63, 3.8) is 0 Å². The molecule has 1 N–H and O–H groups in total. The highest BCUT2D eigenvalue weighted by Crippen LogP contribution is 2.31. The third-order valence-corrected chi connectivity index (χ3v) is 5.16. The molecule has 3 aromatic heterocycles. The van der Waals surface area contributed by atoms with Gasteiger partial charge in [-0.3, -0.25) is 4.98 Å². The molecule has 1 aliphatic rings. The van der Waals surface area contributed by atoms with Crippen molar-refractivity contribution in [3.8, 4) is 0 Å². The summed E-state index contributed by atoms with van der Waals surface area (Å²) in [6.45, 7) is 9.60. The second kappa shape index (κ2) is 6.63. The van der Waals surface area contributed by atoms with E-state index in [0.717, 1.165) is 0 Å². The van der Waals surface area contributed by atoms with Gasteiger partial charge in [0.1, 0.15) is 12.4 Å². The van der Waals surface area contributed by atoms with Crippen molar-refractivity contribution in [2.24, 2.45) is 0 Å². The zero-order valence-corrected chi connectivity index (χ0v) is 17.3. The molecule has 3 aromatic rings. The van der Waals surface area contributed by atoms with Gasteiger partial charge < -0.3 is 10.0 Å². The van der Waals surface area contributed by atoms with Crippen molar-refractivity contribution < 1.29 is 5.11 Å². The maximum absolute atomic E-state index is 10.4. The number of halogens is 1. The molecule has 4 heterocycles. The first-order valence-electron chi connectivity index (χ1n) is 9.32. The minimum atomic E-state index is -0.739. The van der Waals surface area contributed by atoms with Gasteiger partial charge in [0.25, 0.3) is 0 Å². The van der Waals surface area contributed by atoms with Gasteiger partial charge in [-0.2, -0.15) is 4.80 Å². The van der Waals surface area contributed by atoms with Crippen molar-refractivity contribution in [1.29, 1.82) is 0 Å². The molecule has 0 bridgehead atoms. The van der Waals surface area contributed by atoms with E-state index in [0.29, 0.717) is 59.6 Å². The van der Waals surface area contributed by atoms with Crippen LogP contribution in [0.5, 0.6) is 0 Å². The summed E-state index contributed by atoms with van der Waals surface area (Å²) in [5, 5.41) is 20.2. The molecule has 1 saturated heterocycles. The fraction of sp³-hybridized carbons (Fsp3) is 0.526. The molecular formula is C19H24ClN7O. The van der Waals surface area contributed by atoms with E-state index in [1.54, 1.807) is 23.1 Å². The normalized spacial score (nSPS) is 20.3. The van der Waals surface area contributed by atoms with Crippen LogP contribution >= 0.6 is 11.6 Å². The molecule has 0 amide bonds. The average Bonchev–Trinajstić information content (AvgIpc) is 3.17.